The number of rotatable bonds is 3. The van der Waals surface area contributed by atoms with Gasteiger partial charge in [-0.15, -0.1) is 0 Å². The van der Waals surface area contributed by atoms with Crippen LogP contribution in [0.1, 0.15) is 28.2 Å². The first kappa shape index (κ1) is 20.2. The molecule has 0 unspecified atom stereocenters. The number of allylic oxidation sites excluding steroid dienone is 1. The minimum absolute atomic E-state index is 0.156. The van der Waals surface area contributed by atoms with Gasteiger partial charge in [-0.2, -0.15) is 0 Å². The monoisotopic (exact) mass is 456 g/mol. The molecule has 2 nitrogen and oxygen atoms in total. The lowest BCUT2D eigenvalue weighted by Gasteiger charge is -2.29. The molecule has 0 bridgehead atoms. The Kier molecular flexibility index (Phi) is 6.16. The number of carbonyl (C=O) groups excluding carboxylic acids is 1. The number of hydrogen-bond acceptors (Lipinski definition) is 2. The molecule has 0 saturated heterocycles. The fourth-order valence-electron chi connectivity index (χ4n) is 3.74. The number of cyclic esters (lactones) is 1. The summed E-state index contributed by atoms with van der Waals surface area (Å²) in [5.41, 5.74) is 5.07. The third-order valence-corrected chi connectivity index (χ3v) is 6.01. The maximum Gasteiger partial charge on any atom is 0.315 e. The SMILES string of the molecule is Cc1ccc(C[C@@H]2C(=O)OC=C(C#Cc3ccccc3)[C@H]2c2ccccc2)c(Br)c1. The zero-order valence-electron chi connectivity index (χ0n) is 16.6. The smallest absolute Gasteiger partial charge is 0.315 e. The topological polar surface area (TPSA) is 26.3 Å². The van der Waals surface area contributed by atoms with Gasteiger partial charge in [0.25, 0.3) is 0 Å². The second-order valence-electron chi connectivity index (χ2n) is 7.42. The highest BCUT2D eigenvalue weighted by molar-refractivity contribution is 9.10. The maximum absolute atomic E-state index is 12.9. The first-order valence-electron chi connectivity index (χ1n) is 9.89. The van der Waals surface area contributed by atoms with Crippen molar-refractivity contribution in [1.82, 2.24) is 0 Å². The summed E-state index contributed by atoms with van der Waals surface area (Å²) in [6, 6.07) is 26.1. The average Bonchev–Trinajstić information content (AvgIpc) is 2.77. The van der Waals surface area contributed by atoms with Crippen molar-refractivity contribution in [2.75, 3.05) is 0 Å². The van der Waals surface area contributed by atoms with Gasteiger partial charge in [0.1, 0.15) is 6.26 Å². The van der Waals surface area contributed by atoms with Crippen LogP contribution in [0.3, 0.4) is 0 Å². The minimum atomic E-state index is -0.350. The zero-order valence-corrected chi connectivity index (χ0v) is 18.2. The highest BCUT2D eigenvalue weighted by atomic mass is 79.9. The van der Waals surface area contributed by atoms with Gasteiger partial charge < -0.3 is 4.74 Å². The van der Waals surface area contributed by atoms with Gasteiger partial charge in [-0.3, -0.25) is 4.79 Å². The Balaban J connectivity index is 1.73. The highest BCUT2D eigenvalue weighted by Gasteiger charge is 2.37. The van der Waals surface area contributed by atoms with Crippen molar-refractivity contribution < 1.29 is 9.53 Å². The van der Waals surface area contributed by atoms with Crippen molar-refractivity contribution in [3.8, 4) is 11.8 Å². The first-order chi connectivity index (χ1) is 14.6. The first-order valence-corrected chi connectivity index (χ1v) is 10.7. The molecule has 0 fully saturated rings. The minimum Gasteiger partial charge on any atom is -0.433 e. The molecule has 0 radical (unpaired) electrons. The maximum atomic E-state index is 12.9. The lowest BCUT2D eigenvalue weighted by Crippen LogP contribution is -2.30. The second-order valence-corrected chi connectivity index (χ2v) is 8.27. The molecule has 0 saturated carbocycles. The Labute approximate surface area is 185 Å². The average molecular weight is 457 g/mol. The molecule has 1 heterocycles. The number of carbonyl (C=O) groups is 1. The van der Waals surface area contributed by atoms with Crippen molar-refractivity contribution in [3.05, 3.63) is 117 Å². The van der Waals surface area contributed by atoms with Crippen molar-refractivity contribution in [1.29, 1.82) is 0 Å². The lowest BCUT2D eigenvalue weighted by molar-refractivity contribution is -0.144. The Morgan fingerprint density at radius 3 is 2.33 bits per heavy atom. The number of hydrogen-bond donors (Lipinski definition) is 0. The molecule has 3 aromatic rings. The van der Waals surface area contributed by atoms with Gasteiger partial charge in [-0.05, 0) is 48.2 Å². The fourth-order valence-corrected chi connectivity index (χ4v) is 4.39. The highest BCUT2D eigenvalue weighted by Crippen LogP contribution is 2.39. The van der Waals surface area contributed by atoms with E-state index in [9.17, 15) is 4.79 Å². The zero-order chi connectivity index (χ0) is 20.9. The van der Waals surface area contributed by atoms with Gasteiger partial charge in [0, 0.05) is 21.5 Å². The summed E-state index contributed by atoms with van der Waals surface area (Å²) in [6.07, 6.45) is 2.10. The van der Waals surface area contributed by atoms with Crippen LogP contribution in [0.5, 0.6) is 0 Å². The van der Waals surface area contributed by atoms with Gasteiger partial charge in [-0.25, -0.2) is 0 Å². The molecule has 0 spiro atoms. The predicted molar refractivity (Wildman–Crippen MR) is 123 cm³/mol. The molecule has 0 amide bonds. The molecule has 0 aromatic heterocycles. The normalized spacial score (nSPS) is 18.1. The van der Waals surface area contributed by atoms with Gasteiger partial charge in [-0.1, -0.05) is 88.4 Å². The lowest BCUT2D eigenvalue weighted by atomic mass is 9.77. The van der Waals surface area contributed by atoms with Crippen LogP contribution in [0.25, 0.3) is 0 Å². The van der Waals surface area contributed by atoms with E-state index in [1.807, 2.05) is 48.5 Å². The molecule has 4 rings (SSSR count). The molecule has 148 valence electrons. The molecule has 1 aliphatic heterocycles. The van der Waals surface area contributed by atoms with Crippen molar-refractivity contribution >= 4 is 21.9 Å². The van der Waals surface area contributed by atoms with Gasteiger partial charge in [0.05, 0.1) is 5.92 Å². The van der Waals surface area contributed by atoms with E-state index in [-0.39, 0.29) is 17.8 Å². The van der Waals surface area contributed by atoms with Crippen LogP contribution in [0, 0.1) is 24.7 Å². The number of benzene rings is 3. The van der Waals surface area contributed by atoms with Crippen molar-refractivity contribution in [2.45, 2.75) is 19.3 Å². The Hall–Kier alpha value is -3.09. The molecular weight excluding hydrogens is 436 g/mol. The molecule has 1 aliphatic rings. The summed E-state index contributed by atoms with van der Waals surface area (Å²) in [4.78, 5) is 12.9. The predicted octanol–water partition coefficient (Wildman–Crippen LogP) is 6.19. The Morgan fingerprint density at radius 2 is 1.63 bits per heavy atom. The summed E-state index contributed by atoms with van der Waals surface area (Å²) >= 11 is 3.65. The van der Waals surface area contributed by atoms with E-state index >= 15 is 0 Å². The van der Waals surface area contributed by atoms with E-state index in [0.29, 0.717) is 6.42 Å². The van der Waals surface area contributed by atoms with Gasteiger partial charge >= 0.3 is 5.97 Å². The molecular formula is C27H21BrO2. The van der Waals surface area contributed by atoms with E-state index in [1.54, 1.807) is 0 Å². The number of aryl methyl sites for hydroxylation is 1. The van der Waals surface area contributed by atoms with Crippen molar-refractivity contribution in [2.24, 2.45) is 5.92 Å². The van der Waals surface area contributed by atoms with Crippen LogP contribution in [0.4, 0.5) is 0 Å². The van der Waals surface area contributed by atoms with Crippen molar-refractivity contribution in [3.63, 3.8) is 0 Å². The molecule has 30 heavy (non-hydrogen) atoms. The molecule has 3 heteroatoms. The molecule has 3 aromatic carbocycles. The van der Waals surface area contributed by atoms with Crippen LogP contribution in [0.15, 0.2) is 95.2 Å². The van der Waals surface area contributed by atoms with Crippen LogP contribution < -0.4 is 0 Å². The molecule has 0 N–H and O–H groups in total. The summed E-state index contributed by atoms with van der Waals surface area (Å²) < 4.78 is 6.47. The summed E-state index contributed by atoms with van der Waals surface area (Å²) in [5.74, 6) is 5.76. The van der Waals surface area contributed by atoms with Crippen LogP contribution >= 0.6 is 15.9 Å². The molecule has 0 aliphatic carbocycles. The Morgan fingerprint density at radius 1 is 0.933 bits per heavy atom. The van der Waals surface area contributed by atoms with E-state index < -0.39 is 0 Å². The largest absolute Gasteiger partial charge is 0.433 e. The van der Waals surface area contributed by atoms with Gasteiger partial charge in [0.2, 0.25) is 0 Å². The van der Waals surface area contributed by atoms with Crippen LogP contribution in [0.2, 0.25) is 0 Å². The van der Waals surface area contributed by atoms with E-state index in [0.717, 1.165) is 26.7 Å². The molecule has 2 atom stereocenters. The standard InChI is InChI=1S/C27H21BrO2/c1-19-12-14-22(25(28)16-19)17-24-26(21-10-6-3-7-11-21)23(18-30-27(24)29)15-13-20-8-4-2-5-9-20/h2-12,14,16,18,24,26H,17H2,1H3/t24-,26+/m0/s1. The fraction of sp³-hybridized carbons (Fsp3) is 0.148. The summed E-state index contributed by atoms with van der Waals surface area (Å²) in [6.45, 7) is 2.05. The van der Waals surface area contributed by atoms with E-state index in [4.69, 9.17) is 4.74 Å². The number of esters is 1. The third kappa shape index (κ3) is 4.56. The van der Waals surface area contributed by atoms with E-state index in [2.05, 4.69) is 65.0 Å². The van der Waals surface area contributed by atoms with Crippen LogP contribution in [-0.4, -0.2) is 5.97 Å². The van der Waals surface area contributed by atoms with Gasteiger partial charge in [0.15, 0.2) is 0 Å². The number of halogens is 1. The summed E-state index contributed by atoms with van der Waals surface area (Å²) in [5, 5.41) is 0. The summed E-state index contributed by atoms with van der Waals surface area (Å²) in [7, 11) is 0. The second kappa shape index (κ2) is 9.15. The van der Waals surface area contributed by atoms with Crippen LogP contribution in [-0.2, 0) is 16.0 Å². The van der Waals surface area contributed by atoms with E-state index in [1.165, 1.54) is 11.8 Å². The Bertz CT molecular complexity index is 1140. The quantitative estimate of drug-likeness (QED) is 0.346. The third-order valence-electron chi connectivity index (χ3n) is 5.27. The number of ether oxygens (including phenoxy) is 1.